The third-order valence-electron chi connectivity index (χ3n) is 4.66. The highest BCUT2D eigenvalue weighted by Gasteiger charge is 2.08. The van der Waals surface area contributed by atoms with Gasteiger partial charge in [-0.2, -0.15) is 0 Å². The molecule has 4 aromatic rings. The van der Waals surface area contributed by atoms with Crippen LogP contribution in [0.25, 0.3) is 11.1 Å². The predicted molar refractivity (Wildman–Crippen MR) is 121 cm³/mol. The minimum atomic E-state index is -0.167. The lowest BCUT2D eigenvalue weighted by molar-refractivity contribution is 0.102. The van der Waals surface area contributed by atoms with E-state index < -0.39 is 0 Å². The van der Waals surface area contributed by atoms with Crippen molar-refractivity contribution in [1.82, 2.24) is 9.97 Å². The topological polar surface area (TPSA) is 66.9 Å². The number of nitrogens with one attached hydrogen (secondary N) is 2. The summed E-state index contributed by atoms with van der Waals surface area (Å²) in [6, 6.07) is 23.2. The third kappa shape index (κ3) is 4.70. The Morgan fingerprint density at radius 2 is 1.40 bits per heavy atom. The molecule has 148 valence electrons. The Bertz CT molecular complexity index is 1190. The van der Waals surface area contributed by atoms with Crippen LogP contribution in [0.15, 0.2) is 85.2 Å². The average Bonchev–Trinajstić information content (AvgIpc) is 2.74. The van der Waals surface area contributed by atoms with Gasteiger partial charge in [-0.25, -0.2) is 9.97 Å². The van der Waals surface area contributed by atoms with Crippen LogP contribution in [0.5, 0.6) is 0 Å². The first-order valence-electron chi connectivity index (χ1n) is 9.71. The van der Waals surface area contributed by atoms with Crippen molar-refractivity contribution in [3.63, 3.8) is 0 Å². The second-order valence-electron chi connectivity index (χ2n) is 7.19. The molecule has 5 nitrogen and oxygen atoms in total. The number of aromatic nitrogens is 2. The van der Waals surface area contributed by atoms with Crippen LogP contribution in [0.3, 0.4) is 0 Å². The molecule has 0 aliphatic rings. The van der Waals surface area contributed by atoms with E-state index in [0.717, 1.165) is 28.1 Å². The van der Waals surface area contributed by atoms with Gasteiger partial charge in [-0.15, -0.1) is 0 Å². The predicted octanol–water partition coefficient (Wildman–Crippen LogP) is 5.76. The summed E-state index contributed by atoms with van der Waals surface area (Å²) >= 11 is 0. The van der Waals surface area contributed by atoms with Gasteiger partial charge in [-0.1, -0.05) is 48.0 Å². The van der Waals surface area contributed by atoms with Crippen molar-refractivity contribution in [3.05, 3.63) is 102 Å². The molecule has 1 heterocycles. The molecule has 0 fully saturated rings. The molecule has 1 amide bonds. The van der Waals surface area contributed by atoms with E-state index in [1.165, 1.54) is 5.56 Å². The van der Waals surface area contributed by atoms with Gasteiger partial charge in [0.25, 0.3) is 5.91 Å². The van der Waals surface area contributed by atoms with Gasteiger partial charge in [0.15, 0.2) is 0 Å². The maximum absolute atomic E-state index is 12.6. The molecule has 0 bridgehead atoms. The van der Waals surface area contributed by atoms with Crippen LogP contribution >= 0.6 is 0 Å². The van der Waals surface area contributed by atoms with E-state index in [1.54, 1.807) is 24.5 Å². The van der Waals surface area contributed by atoms with E-state index in [4.69, 9.17) is 0 Å². The number of hydrogen-bond acceptors (Lipinski definition) is 4. The van der Waals surface area contributed by atoms with Crippen LogP contribution in [0.4, 0.5) is 17.3 Å². The van der Waals surface area contributed by atoms with Crippen LogP contribution in [0, 0.1) is 13.8 Å². The second kappa shape index (κ2) is 8.57. The molecule has 3 aromatic carbocycles. The fourth-order valence-corrected chi connectivity index (χ4v) is 3.16. The zero-order valence-electron chi connectivity index (χ0n) is 16.9. The summed E-state index contributed by atoms with van der Waals surface area (Å²) in [5.74, 6) is 0.308. The molecule has 0 unspecified atom stereocenters. The first-order valence-corrected chi connectivity index (χ1v) is 9.71. The van der Waals surface area contributed by atoms with Crippen molar-refractivity contribution >= 4 is 23.2 Å². The summed E-state index contributed by atoms with van der Waals surface area (Å²) in [4.78, 5) is 21.4. The van der Waals surface area contributed by atoms with E-state index in [2.05, 4.69) is 39.7 Å². The zero-order valence-corrected chi connectivity index (χ0v) is 16.9. The highest BCUT2D eigenvalue weighted by Crippen LogP contribution is 2.21. The Kier molecular flexibility index (Phi) is 5.52. The first-order chi connectivity index (χ1) is 14.6. The average molecular weight is 394 g/mol. The van der Waals surface area contributed by atoms with Crippen molar-refractivity contribution in [2.75, 3.05) is 10.6 Å². The third-order valence-corrected chi connectivity index (χ3v) is 4.66. The minimum absolute atomic E-state index is 0.167. The van der Waals surface area contributed by atoms with Crippen LogP contribution < -0.4 is 10.6 Å². The standard InChI is InChI=1S/C25H22N4O/c1-17-6-3-8-19(12-17)21-15-26-25(27-16-21)29-23-11-5-9-20(14-23)24(30)28-22-10-4-7-18(2)13-22/h3-16H,1-2H3,(H,28,30)(H,26,27,29). The molecule has 1 aromatic heterocycles. The van der Waals surface area contributed by atoms with Gasteiger partial charge < -0.3 is 10.6 Å². The van der Waals surface area contributed by atoms with Crippen molar-refractivity contribution in [3.8, 4) is 11.1 Å². The maximum Gasteiger partial charge on any atom is 0.255 e. The van der Waals surface area contributed by atoms with E-state index in [-0.39, 0.29) is 5.91 Å². The smallest absolute Gasteiger partial charge is 0.255 e. The number of carbonyl (C=O) groups is 1. The number of rotatable bonds is 5. The molecule has 0 spiro atoms. The van der Waals surface area contributed by atoms with Crippen LogP contribution in [-0.4, -0.2) is 15.9 Å². The van der Waals surface area contributed by atoms with Crippen molar-refractivity contribution < 1.29 is 4.79 Å². The van der Waals surface area contributed by atoms with Gasteiger partial charge in [0, 0.05) is 34.9 Å². The zero-order chi connectivity index (χ0) is 20.9. The number of benzene rings is 3. The largest absolute Gasteiger partial charge is 0.324 e. The van der Waals surface area contributed by atoms with Gasteiger partial charge in [0.1, 0.15) is 0 Å². The van der Waals surface area contributed by atoms with Crippen molar-refractivity contribution in [2.24, 2.45) is 0 Å². The summed E-state index contributed by atoms with van der Waals surface area (Å²) in [6.45, 7) is 4.05. The first kappa shape index (κ1) is 19.3. The number of anilines is 3. The van der Waals surface area contributed by atoms with Crippen LogP contribution in [0.2, 0.25) is 0 Å². The molecule has 0 saturated carbocycles. The quantitative estimate of drug-likeness (QED) is 0.452. The fourth-order valence-electron chi connectivity index (χ4n) is 3.16. The Hall–Kier alpha value is -3.99. The SMILES string of the molecule is Cc1cccc(NC(=O)c2cccc(Nc3ncc(-c4cccc(C)c4)cn3)c2)c1. The normalized spacial score (nSPS) is 10.5. The van der Waals surface area contributed by atoms with Crippen molar-refractivity contribution in [1.29, 1.82) is 0 Å². The van der Waals surface area contributed by atoms with E-state index >= 15 is 0 Å². The Morgan fingerprint density at radius 3 is 2.13 bits per heavy atom. The molecule has 4 rings (SSSR count). The summed E-state index contributed by atoms with van der Waals surface area (Å²) < 4.78 is 0. The number of carbonyl (C=O) groups excluding carboxylic acids is 1. The molecular weight excluding hydrogens is 372 g/mol. The summed E-state index contributed by atoms with van der Waals surface area (Å²) in [5, 5.41) is 6.08. The van der Waals surface area contributed by atoms with Gasteiger partial charge >= 0.3 is 0 Å². The van der Waals surface area contributed by atoms with Gasteiger partial charge in [0.05, 0.1) is 0 Å². The fraction of sp³-hybridized carbons (Fsp3) is 0.0800. The molecule has 30 heavy (non-hydrogen) atoms. The van der Waals surface area contributed by atoms with E-state index in [9.17, 15) is 4.79 Å². The number of aryl methyl sites for hydroxylation is 2. The maximum atomic E-state index is 12.6. The van der Waals surface area contributed by atoms with Gasteiger partial charge in [0.2, 0.25) is 5.95 Å². The monoisotopic (exact) mass is 394 g/mol. The summed E-state index contributed by atoms with van der Waals surface area (Å²) in [6.07, 6.45) is 3.58. The number of amides is 1. The highest BCUT2D eigenvalue weighted by atomic mass is 16.1. The Balaban J connectivity index is 1.47. The van der Waals surface area contributed by atoms with Gasteiger partial charge in [-0.05, 0) is 55.3 Å². The Labute approximate surface area is 175 Å². The molecule has 2 N–H and O–H groups in total. The van der Waals surface area contributed by atoms with Crippen molar-refractivity contribution in [2.45, 2.75) is 13.8 Å². The highest BCUT2D eigenvalue weighted by molar-refractivity contribution is 6.04. The number of nitrogens with zero attached hydrogens (tertiary/aromatic N) is 2. The van der Waals surface area contributed by atoms with Gasteiger partial charge in [-0.3, -0.25) is 4.79 Å². The summed E-state index contributed by atoms with van der Waals surface area (Å²) in [5.41, 5.74) is 6.39. The molecule has 0 atom stereocenters. The lowest BCUT2D eigenvalue weighted by Crippen LogP contribution is -2.12. The second-order valence-corrected chi connectivity index (χ2v) is 7.19. The summed E-state index contributed by atoms with van der Waals surface area (Å²) in [7, 11) is 0. The molecule has 0 aliphatic carbocycles. The molecule has 0 aliphatic heterocycles. The molecule has 0 saturated heterocycles. The lowest BCUT2D eigenvalue weighted by Gasteiger charge is -2.09. The van der Waals surface area contributed by atoms with Crippen LogP contribution in [0.1, 0.15) is 21.5 Å². The minimum Gasteiger partial charge on any atom is -0.324 e. The number of hydrogen-bond donors (Lipinski definition) is 2. The molecule has 0 radical (unpaired) electrons. The molecular formula is C25H22N4O. The van der Waals surface area contributed by atoms with E-state index in [1.807, 2.05) is 55.5 Å². The molecule has 5 heteroatoms. The lowest BCUT2D eigenvalue weighted by atomic mass is 10.1. The Morgan fingerprint density at radius 1 is 0.733 bits per heavy atom. The van der Waals surface area contributed by atoms with Crippen LogP contribution in [-0.2, 0) is 0 Å². The van der Waals surface area contributed by atoms with E-state index in [0.29, 0.717) is 11.5 Å².